The molecule has 6 heteroatoms. The van der Waals surface area contributed by atoms with E-state index in [4.69, 9.17) is 17.3 Å². The molecule has 1 aromatic carbocycles. The molecule has 0 radical (unpaired) electrons. The number of anilines is 1. The van der Waals surface area contributed by atoms with Crippen LogP contribution in [0, 0.1) is 0 Å². The molecule has 2 aromatic rings. The van der Waals surface area contributed by atoms with Crippen molar-refractivity contribution in [3.8, 4) is 11.4 Å². The lowest BCUT2D eigenvalue weighted by Gasteiger charge is -2.02. The largest absolute Gasteiger partial charge is 0.368 e. The lowest BCUT2D eigenvalue weighted by Crippen LogP contribution is -2.01. The SMILES string of the molecule is CSc1nc(N)nc(-c2ccc(Cl)cc2)n1. The van der Waals surface area contributed by atoms with Crippen molar-refractivity contribution in [3.63, 3.8) is 0 Å². The number of nitrogen functional groups attached to an aromatic ring is 1. The van der Waals surface area contributed by atoms with Crippen LogP contribution in [-0.4, -0.2) is 21.2 Å². The first-order valence-electron chi connectivity index (χ1n) is 4.50. The number of rotatable bonds is 2. The molecule has 82 valence electrons. The van der Waals surface area contributed by atoms with E-state index in [0.717, 1.165) is 5.56 Å². The molecule has 0 amide bonds. The van der Waals surface area contributed by atoms with Gasteiger partial charge in [0.2, 0.25) is 5.95 Å². The molecule has 16 heavy (non-hydrogen) atoms. The highest BCUT2D eigenvalue weighted by molar-refractivity contribution is 7.98. The maximum Gasteiger partial charge on any atom is 0.224 e. The Labute approximate surface area is 102 Å². The van der Waals surface area contributed by atoms with Crippen LogP contribution in [0.15, 0.2) is 29.4 Å². The molecular formula is C10H9ClN4S. The molecule has 0 aliphatic carbocycles. The lowest BCUT2D eigenvalue weighted by molar-refractivity contribution is 0.927. The van der Waals surface area contributed by atoms with E-state index >= 15 is 0 Å². The Bertz CT molecular complexity index is 501. The molecule has 2 N–H and O–H groups in total. The smallest absolute Gasteiger partial charge is 0.224 e. The number of nitrogens with zero attached hydrogens (tertiary/aromatic N) is 3. The molecule has 0 atom stereocenters. The Kier molecular flexibility index (Phi) is 3.26. The van der Waals surface area contributed by atoms with Gasteiger partial charge < -0.3 is 5.73 Å². The minimum atomic E-state index is 0.226. The van der Waals surface area contributed by atoms with E-state index in [0.29, 0.717) is 16.0 Å². The van der Waals surface area contributed by atoms with Crippen molar-refractivity contribution >= 4 is 29.3 Å². The van der Waals surface area contributed by atoms with Gasteiger partial charge in [-0.15, -0.1) is 0 Å². The molecule has 0 fully saturated rings. The van der Waals surface area contributed by atoms with Crippen LogP contribution in [0.3, 0.4) is 0 Å². The van der Waals surface area contributed by atoms with Gasteiger partial charge in [0.05, 0.1) is 0 Å². The highest BCUT2D eigenvalue weighted by atomic mass is 35.5. The van der Waals surface area contributed by atoms with Gasteiger partial charge >= 0.3 is 0 Å². The maximum absolute atomic E-state index is 5.81. The van der Waals surface area contributed by atoms with Crippen LogP contribution in [-0.2, 0) is 0 Å². The van der Waals surface area contributed by atoms with E-state index in [1.54, 1.807) is 12.1 Å². The summed E-state index contributed by atoms with van der Waals surface area (Å²) in [5.41, 5.74) is 6.47. The average molecular weight is 253 g/mol. The van der Waals surface area contributed by atoms with E-state index in [-0.39, 0.29) is 5.95 Å². The van der Waals surface area contributed by atoms with Gasteiger partial charge in [-0.3, -0.25) is 0 Å². The predicted molar refractivity (Wildman–Crippen MR) is 66.5 cm³/mol. The van der Waals surface area contributed by atoms with Crippen LogP contribution in [0.1, 0.15) is 0 Å². The molecule has 0 aliphatic heterocycles. The molecule has 1 aromatic heterocycles. The summed E-state index contributed by atoms with van der Waals surface area (Å²) in [6, 6.07) is 7.27. The van der Waals surface area contributed by atoms with Crippen molar-refractivity contribution in [3.05, 3.63) is 29.3 Å². The molecule has 0 aliphatic rings. The molecule has 0 saturated heterocycles. The Morgan fingerprint density at radius 3 is 2.44 bits per heavy atom. The number of thioether (sulfide) groups is 1. The van der Waals surface area contributed by atoms with Gasteiger partial charge in [0, 0.05) is 10.6 Å². The van der Waals surface area contributed by atoms with Crippen LogP contribution in [0.2, 0.25) is 5.02 Å². The molecule has 1 heterocycles. The minimum Gasteiger partial charge on any atom is -0.368 e. The number of hydrogen-bond acceptors (Lipinski definition) is 5. The summed E-state index contributed by atoms with van der Waals surface area (Å²) in [4.78, 5) is 12.3. The zero-order valence-corrected chi connectivity index (χ0v) is 10.1. The number of halogens is 1. The van der Waals surface area contributed by atoms with Gasteiger partial charge in [-0.25, -0.2) is 4.98 Å². The quantitative estimate of drug-likeness (QED) is 0.832. The van der Waals surface area contributed by atoms with Gasteiger partial charge in [-0.2, -0.15) is 9.97 Å². The first-order chi connectivity index (χ1) is 7.69. The molecular weight excluding hydrogens is 244 g/mol. The van der Waals surface area contributed by atoms with Crippen LogP contribution in [0.4, 0.5) is 5.95 Å². The first-order valence-corrected chi connectivity index (χ1v) is 6.11. The normalized spacial score (nSPS) is 10.4. The topological polar surface area (TPSA) is 64.7 Å². The predicted octanol–water partition coefficient (Wildman–Crippen LogP) is 2.50. The highest BCUT2D eigenvalue weighted by Crippen LogP contribution is 2.20. The van der Waals surface area contributed by atoms with E-state index in [9.17, 15) is 0 Å². The van der Waals surface area contributed by atoms with Crippen molar-refractivity contribution in [1.29, 1.82) is 0 Å². The monoisotopic (exact) mass is 252 g/mol. The second-order valence-electron chi connectivity index (χ2n) is 3.01. The summed E-state index contributed by atoms with van der Waals surface area (Å²) in [6.45, 7) is 0. The highest BCUT2D eigenvalue weighted by Gasteiger charge is 2.05. The number of aromatic nitrogens is 3. The third-order valence-corrected chi connectivity index (χ3v) is 2.72. The summed E-state index contributed by atoms with van der Waals surface area (Å²) in [6.07, 6.45) is 1.89. The zero-order valence-electron chi connectivity index (χ0n) is 8.51. The molecule has 0 saturated carbocycles. The Morgan fingerprint density at radius 1 is 1.12 bits per heavy atom. The van der Waals surface area contributed by atoms with E-state index in [1.807, 2.05) is 18.4 Å². The zero-order chi connectivity index (χ0) is 11.5. The molecule has 2 rings (SSSR count). The molecule has 0 unspecified atom stereocenters. The molecule has 0 bridgehead atoms. The van der Waals surface area contributed by atoms with E-state index in [1.165, 1.54) is 11.8 Å². The second-order valence-corrected chi connectivity index (χ2v) is 4.22. The Balaban J connectivity index is 2.47. The third-order valence-electron chi connectivity index (χ3n) is 1.92. The Morgan fingerprint density at radius 2 is 1.81 bits per heavy atom. The number of hydrogen-bond donors (Lipinski definition) is 1. The summed E-state index contributed by atoms with van der Waals surface area (Å²) in [5.74, 6) is 0.790. The number of benzene rings is 1. The fourth-order valence-electron chi connectivity index (χ4n) is 1.19. The van der Waals surface area contributed by atoms with Crippen molar-refractivity contribution in [2.24, 2.45) is 0 Å². The van der Waals surface area contributed by atoms with E-state index < -0.39 is 0 Å². The maximum atomic E-state index is 5.81. The van der Waals surface area contributed by atoms with Crippen molar-refractivity contribution < 1.29 is 0 Å². The van der Waals surface area contributed by atoms with Crippen molar-refractivity contribution in [2.75, 3.05) is 12.0 Å². The third kappa shape index (κ3) is 2.43. The van der Waals surface area contributed by atoms with Crippen LogP contribution in [0.25, 0.3) is 11.4 Å². The molecule has 0 spiro atoms. The van der Waals surface area contributed by atoms with Crippen molar-refractivity contribution in [2.45, 2.75) is 5.16 Å². The fraction of sp³-hybridized carbons (Fsp3) is 0.100. The van der Waals surface area contributed by atoms with Gasteiger partial charge in [-0.1, -0.05) is 23.4 Å². The second kappa shape index (κ2) is 4.67. The van der Waals surface area contributed by atoms with Gasteiger partial charge in [-0.05, 0) is 30.5 Å². The van der Waals surface area contributed by atoms with Crippen LogP contribution in [0.5, 0.6) is 0 Å². The summed E-state index contributed by atoms with van der Waals surface area (Å²) >= 11 is 7.23. The fourth-order valence-corrected chi connectivity index (χ4v) is 1.68. The van der Waals surface area contributed by atoms with Crippen LogP contribution < -0.4 is 5.73 Å². The lowest BCUT2D eigenvalue weighted by atomic mass is 10.2. The van der Waals surface area contributed by atoms with Crippen molar-refractivity contribution in [1.82, 2.24) is 15.0 Å². The number of nitrogens with two attached hydrogens (primary N) is 1. The van der Waals surface area contributed by atoms with Gasteiger partial charge in [0.1, 0.15) is 0 Å². The first kappa shape index (κ1) is 11.2. The minimum absolute atomic E-state index is 0.226. The summed E-state index contributed by atoms with van der Waals surface area (Å²) < 4.78 is 0. The average Bonchev–Trinajstić information content (AvgIpc) is 2.29. The summed E-state index contributed by atoms with van der Waals surface area (Å²) in [5, 5.41) is 1.29. The molecule has 4 nitrogen and oxygen atoms in total. The van der Waals surface area contributed by atoms with Crippen LogP contribution >= 0.6 is 23.4 Å². The summed E-state index contributed by atoms with van der Waals surface area (Å²) in [7, 11) is 0. The Hall–Kier alpha value is -1.33. The van der Waals surface area contributed by atoms with Gasteiger partial charge in [0.15, 0.2) is 11.0 Å². The van der Waals surface area contributed by atoms with Gasteiger partial charge in [0.25, 0.3) is 0 Å². The van der Waals surface area contributed by atoms with E-state index in [2.05, 4.69) is 15.0 Å². The standard InChI is InChI=1S/C10H9ClN4S/c1-16-10-14-8(13-9(12)15-10)6-2-4-7(11)5-3-6/h2-5H,1H3,(H2,12,13,14,15).